The molecule has 21 heavy (non-hydrogen) atoms. The molecule has 0 saturated carbocycles. The molecular formula is C15H17N3O2S. The molecule has 0 bridgehead atoms. The average Bonchev–Trinajstić information content (AvgIpc) is 3.01. The Morgan fingerprint density at radius 3 is 3.14 bits per heavy atom. The van der Waals surface area contributed by atoms with Crippen molar-refractivity contribution in [3.8, 4) is 5.88 Å². The van der Waals surface area contributed by atoms with Crippen molar-refractivity contribution in [2.45, 2.75) is 25.4 Å². The minimum atomic E-state index is 0.00253. The van der Waals surface area contributed by atoms with Crippen LogP contribution in [0, 0.1) is 0 Å². The predicted octanol–water partition coefficient (Wildman–Crippen LogP) is 2.15. The fourth-order valence-electron chi connectivity index (χ4n) is 2.46. The lowest BCUT2D eigenvalue weighted by Crippen LogP contribution is -2.45. The minimum absolute atomic E-state index is 0.00253. The predicted molar refractivity (Wildman–Crippen MR) is 80.3 cm³/mol. The fourth-order valence-corrected chi connectivity index (χ4v) is 3.15. The Kier molecular flexibility index (Phi) is 4.45. The number of piperidine rings is 1. The van der Waals surface area contributed by atoms with Crippen LogP contribution in [0.1, 0.15) is 17.7 Å². The van der Waals surface area contributed by atoms with E-state index in [1.54, 1.807) is 29.7 Å². The first-order valence-electron chi connectivity index (χ1n) is 7.06. The van der Waals surface area contributed by atoms with Crippen molar-refractivity contribution in [3.05, 3.63) is 40.7 Å². The van der Waals surface area contributed by atoms with E-state index in [2.05, 4.69) is 10.2 Å². The van der Waals surface area contributed by atoms with Crippen LogP contribution in [0.25, 0.3) is 0 Å². The molecule has 3 rings (SSSR count). The van der Waals surface area contributed by atoms with Crippen molar-refractivity contribution in [1.29, 1.82) is 0 Å². The van der Waals surface area contributed by atoms with Crippen LogP contribution in [0.2, 0.25) is 0 Å². The number of ether oxygens (including phenoxy) is 1. The first kappa shape index (κ1) is 14.0. The van der Waals surface area contributed by atoms with Crippen LogP contribution in [0.15, 0.2) is 35.8 Å². The molecule has 1 aliphatic rings. The van der Waals surface area contributed by atoms with Gasteiger partial charge in [-0.25, -0.2) is 0 Å². The van der Waals surface area contributed by atoms with Gasteiger partial charge in [-0.05, 0) is 30.4 Å². The standard InChI is InChI=1S/C15H17N3O2S/c19-15(10-13-5-3-9-21-13)18-8-2-4-12(11-18)20-14-6-1-7-16-17-14/h1,3,5-7,9,12H,2,4,8,10-11H2/t12-/m1/s1. The fraction of sp³-hybridized carbons (Fsp3) is 0.400. The number of likely N-dealkylation sites (tertiary alicyclic amines) is 1. The maximum atomic E-state index is 12.3. The van der Waals surface area contributed by atoms with Gasteiger partial charge in [0.15, 0.2) is 0 Å². The van der Waals surface area contributed by atoms with Gasteiger partial charge in [0.1, 0.15) is 6.10 Å². The molecule has 0 spiro atoms. The molecule has 3 heterocycles. The minimum Gasteiger partial charge on any atom is -0.471 e. The zero-order chi connectivity index (χ0) is 14.5. The van der Waals surface area contributed by atoms with Gasteiger partial charge in [0.25, 0.3) is 0 Å². The third kappa shape index (κ3) is 3.78. The molecule has 0 unspecified atom stereocenters. The lowest BCUT2D eigenvalue weighted by atomic mass is 10.1. The van der Waals surface area contributed by atoms with Gasteiger partial charge in [-0.3, -0.25) is 4.79 Å². The maximum Gasteiger partial charge on any atom is 0.233 e. The van der Waals surface area contributed by atoms with Gasteiger partial charge in [0, 0.05) is 23.7 Å². The lowest BCUT2D eigenvalue weighted by Gasteiger charge is -2.32. The summed E-state index contributed by atoms with van der Waals surface area (Å²) in [7, 11) is 0. The number of rotatable bonds is 4. The molecule has 1 aliphatic heterocycles. The van der Waals surface area contributed by atoms with E-state index in [4.69, 9.17) is 4.74 Å². The van der Waals surface area contributed by atoms with E-state index in [0.29, 0.717) is 18.8 Å². The van der Waals surface area contributed by atoms with Crippen molar-refractivity contribution < 1.29 is 9.53 Å². The Bertz CT molecular complexity index is 574. The van der Waals surface area contributed by atoms with Crippen LogP contribution in [0.3, 0.4) is 0 Å². The van der Waals surface area contributed by atoms with Gasteiger partial charge in [-0.15, -0.1) is 16.4 Å². The number of amides is 1. The Hall–Kier alpha value is -1.95. The Morgan fingerprint density at radius 2 is 2.38 bits per heavy atom. The number of thiophene rings is 1. The molecule has 2 aromatic rings. The molecule has 2 aromatic heterocycles. The highest BCUT2D eigenvalue weighted by Crippen LogP contribution is 2.18. The van der Waals surface area contributed by atoms with Crippen molar-refractivity contribution in [1.82, 2.24) is 15.1 Å². The quantitative estimate of drug-likeness (QED) is 0.868. The first-order chi connectivity index (χ1) is 10.3. The monoisotopic (exact) mass is 303 g/mol. The lowest BCUT2D eigenvalue weighted by molar-refractivity contribution is -0.133. The summed E-state index contributed by atoms with van der Waals surface area (Å²) in [6.45, 7) is 1.44. The van der Waals surface area contributed by atoms with Gasteiger partial charge in [-0.2, -0.15) is 5.10 Å². The van der Waals surface area contributed by atoms with E-state index >= 15 is 0 Å². The van der Waals surface area contributed by atoms with Crippen molar-refractivity contribution in [2.75, 3.05) is 13.1 Å². The third-order valence-electron chi connectivity index (χ3n) is 3.47. The number of nitrogens with zero attached hydrogens (tertiary/aromatic N) is 3. The molecule has 110 valence electrons. The van der Waals surface area contributed by atoms with Crippen LogP contribution < -0.4 is 4.74 Å². The molecule has 6 heteroatoms. The van der Waals surface area contributed by atoms with Crippen molar-refractivity contribution >= 4 is 17.2 Å². The van der Waals surface area contributed by atoms with Gasteiger partial charge < -0.3 is 9.64 Å². The molecule has 1 atom stereocenters. The number of carbonyl (C=O) groups is 1. The number of carbonyl (C=O) groups excluding carboxylic acids is 1. The molecule has 1 saturated heterocycles. The summed E-state index contributed by atoms with van der Waals surface area (Å²) in [5.74, 6) is 0.694. The molecule has 0 aromatic carbocycles. The molecule has 1 amide bonds. The van der Waals surface area contributed by atoms with Gasteiger partial charge in [-0.1, -0.05) is 6.07 Å². The third-order valence-corrected chi connectivity index (χ3v) is 4.35. The van der Waals surface area contributed by atoms with Gasteiger partial charge in [0.2, 0.25) is 11.8 Å². The highest BCUT2D eigenvalue weighted by atomic mass is 32.1. The summed E-state index contributed by atoms with van der Waals surface area (Å²) >= 11 is 1.62. The Labute approximate surface area is 127 Å². The topological polar surface area (TPSA) is 55.3 Å². The highest BCUT2D eigenvalue weighted by molar-refractivity contribution is 7.10. The highest BCUT2D eigenvalue weighted by Gasteiger charge is 2.25. The number of hydrogen-bond donors (Lipinski definition) is 0. The zero-order valence-corrected chi connectivity index (χ0v) is 12.5. The van der Waals surface area contributed by atoms with Crippen LogP contribution in [0.5, 0.6) is 5.88 Å². The van der Waals surface area contributed by atoms with E-state index in [-0.39, 0.29) is 12.0 Å². The van der Waals surface area contributed by atoms with Crippen LogP contribution in [0.4, 0.5) is 0 Å². The summed E-state index contributed by atoms with van der Waals surface area (Å²) in [4.78, 5) is 15.3. The molecule has 0 N–H and O–H groups in total. The normalized spacial score (nSPS) is 18.5. The SMILES string of the molecule is O=C(Cc1cccs1)N1CCC[C@@H](Oc2cccnn2)C1. The largest absolute Gasteiger partial charge is 0.471 e. The van der Waals surface area contributed by atoms with E-state index in [1.165, 1.54) is 0 Å². The second-order valence-corrected chi connectivity index (χ2v) is 6.07. The molecular weight excluding hydrogens is 286 g/mol. The van der Waals surface area contributed by atoms with Gasteiger partial charge in [0.05, 0.1) is 13.0 Å². The second-order valence-electron chi connectivity index (χ2n) is 5.04. The summed E-state index contributed by atoms with van der Waals surface area (Å²) in [5.41, 5.74) is 0. The van der Waals surface area contributed by atoms with E-state index < -0.39 is 0 Å². The smallest absolute Gasteiger partial charge is 0.233 e. The van der Waals surface area contributed by atoms with E-state index in [9.17, 15) is 4.79 Å². The zero-order valence-electron chi connectivity index (χ0n) is 11.6. The summed E-state index contributed by atoms with van der Waals surface area (Å²) in [6.07, 6.45) is 4.00. The van der Waals surface area contributed by atoms with E-state index in [0.717, 1.165) is 24.3 Å². The number of hydrogen-bond acceptors (Lipinski definition) is 5. The van der Waals surface area contributed by atoms with Crippen LogP contribution in [-0.4, -0.2) is 40.2 Å². The molecule has 0 radical (unpaired) electrons. The number of aromatic nitrogens is 2. The molecule has 5 nitrogen and oxygen atoms in total. The van der Waals surface area contributed by atoms with Crippen molar-refractivity contribution in [2.24, 2.45) is 0 Å². The average molecular weight is 303 g/mol. The van der Waals surface area contributed by atoms with E-state index in [1.807, 2.05) is 22.4 Å². The molecule has 0 aliphatic carbocycles. The first-order valence-corrected chi connectivity index (χ1v) is 7.94. The maximum absolute atomic E-state index is 12.3. The summed E-state index contributed by atoms with van der Waals surface area (Å²) in [6, 6.07) is 7.56. The summed E-state index contributed by atoms with van der Waals surface area (Å²) in [5, 5.41) is 9.73. The van der Waals surface area contributed by atoms with Crippen LogP contribution >= 0.6 is 11.3 Å². The van der Waals surface area contributed by atoms with Gasteiger partial charge >= 0.3 is 0 Å². The Morgan fingerprint density at radius 1 is 1.43 bits per heavy atom. The van der Waals surface area contributed by atoms with Crippen molar-refractivity contribution in [3.63, 3.8) is 0 Å². The second kappa shape index (κ2) is 6.67. The Balaban J connectivity index is 1.56. The van der Waals surface area contributed by atoms with Crippen LogP contribution in [-0.2, 0) is 11.2 Å². The molecule has 1 fully saturated rings. The summed E-state index contributed by atoms with van der Waals surface area (Å²) < 4.78 is 5.81.